The molecule has 6 N–H and O–H groups in total. The van der Waals surface area contributed by atoms with E-state index in [2.05, 4.69) is 62.7 Å². The van der Waals surface area contributed by atoms with Crippen LogP contribution < -0.4 is 0 Å². The molecule has 18 nitrogen and oxygen atoms in total. The summed E-state index contributed by atoms with van der Waals surface area (Å²) >= 11 is 0. The minimum atomic E-state index is -0.758. The molecule has 0 aromatic rings. The average molecular weight is 917 g/mol. The van der Waals surface area contributed by atoms with Gasteiger partial charge in [0.15, 0.2) is 13.1 Å². The lowest BCUT2D eigenvalue weighted by atomic mass is 10.3. The smallest absolute Gasteiger partial charge is 0.359 e. The summed E-state index contributed by atoms with van der Waals surface area (Å²) in [5.74, 6) is -4.30. The van der Waals surface area contributed by atoms with E-state index in [1.807, 2.05) is 46.9 Å². The quantitative estimate of drug-likeness (QED) is 0.0543. The van der Waals surface area contributed by atoms with Gasteiger partial charge in [0.1, 0.15) is 0 Å². The van der Waals surface area contributed by atoms with Crippen LogP contribution in [0.3, 0.4) is 0 Å². The van der Waals surface area contributed by atoms with Gasteiger partial charge in [0.25, 0.3) is 0 Å². The molecule has 63 heavy (non-hydrogen) atoms. The largest absolute Gasteiger partial charge is 0.481 e. The topological polar surface area (TPSA) is 230 Å². The van der Waals surface area contributed by atoms with Crippen molar-refractivity contribution in [2.24, 2.45) is 0 Å². The summed E-state index contributed by atoms with van der Waals surface area (Å²) in [5.41, 5.74) is 0. The van der Waals surface area contributed by atoms with Crippen LogP contribution in [0.4, 0.5) is 0 Å². The number of rotatable bonds is 29. The van der Waals surface area contributed by atoms with Crippen LogP contribution >= 0.6 is 0 Å². The van der Waals surface area contributed by atoms with Crippen molar-refractivity contribution < 1.29 is 77.3 Å². The third-order valence-electron chi connectivity index (χ3n) is 9.91. The summed E-state index contributed by atoms with van der Waals surface area (Å²) in [7, 11) is 15.8. The molecule has 0 radical (unpaired) electrons. The molecular weight excluding hydrogens is 817 g/mol. The molecule has 0 amide bonds. The van der Waals surface area contributed by atoms with E-state index in [4.69, 9.17) is 30.6 Å². The highest BCUT2D eigenvalue weighted by atomic mass is 16.4. The summed E-state index contributed by atoms with van der Waals surface area (Å²) in [4.78, 5) is 65.2. The standard InChI is InChI=1S/C9H19NO2.2C8H17NO2.2C7H15NO2.C6H13NO2/c1-4-7-10(3,5-2)8-6-9(11)12;1-4-6-9(2,3)7-5-8(10)11;1-4-6-9(3,5-2)7-8(10)11;1-4-5-8(2,3)6-7(9)10;1-3-5-8(2)6-4-7(9)10;1-3-4-7(2)5-6(8)9/h4-8H2,1-3H3;2*4-7H2,1-3H3;4-6H2,1-3H3;3-6H2,1-2H3,(H,9,10);3-5H2,1-2H3,(H,8,9)/p+4. The van der Waals surface area contributed by atoms with Gasteiger partial charge in [-0.1, -0.05) is 41.5 Å². The second kappa shape index (κ2) is 42.5. The van der Waals surface area contributed by atoms with Crippen LogP contribution in [0.2, 0.25) is 0 Å². The average Bonchev–Trinajstić information content (AvgIpc) is 3.13. The third-order valence-corrected chi connectivity index (χ3v) is 9.91. The van der Waals surface area contributed by atoms with Gasteiger partial charge in [-0.05, 0) is 79.6 Å². The van der Waals surface area contributed by atoms with Crippen molar-refractivity contribution >= 4 is 35.8 Å². The van der Waals surface area contributed by atoms with Gasteiger partial charge in [-0.15, -0.1) is 0 Å². The normalized spacial score (nSPS) is 12.7. The van der Waals surface area contributed by atoms with Gasteiger partial charge in [0, 0.05) is 6.54 Å². The van der Waals surface area contributed by atoms with Crippen LogP contribution in [-0.2, 0) is 28.8 Å². The molecular formula is C45H100N6O12+4. The van der Waals surface area contributed by atoms with Crippen LogP contribution in [0.1, 0.15) is 113 Å². The number of carbonyl (C=O) groups is 6. The summed E-state index contributed by atoms with van der Waals surface area (Å²) in [6.07, 6.45) is 7.17. The molecule has 0 aliphatic heterocycles. The highest BCUT2D eigenvalue weighted by Crippen LogP contribution is 2.05. The molecule has 0 spiro atoms. The summed E-state index contributed by atoms with van der Waals surface area (Å²) in [5, 5.41) is 50.6. The van der Waals surface area contributed by atoms with Gasteiger partial charge in [-0.25, -0.2) is 9.59 Å². The maximum Gasteiger partial charge on any atom is 0.359 e. The van der Waals surface area contributed by atoms with E-state index >= 15 is 0 Å². The first-order chi connectivity index (χ1) is 28.9. The Bertz CT molecular complexity index is 1190. The lowest BCUT2D eigenvalue weighted by molar-refractivity contribution is -0.907. The van der Waals surface area contributed by atoms with Crippen LogP contribution in [0.5, 0.6) is 0 Å². The second-order valence-corrected chi connectivity index (χ2v) is 18.1. The Morgan fingerprint density at radius 1 is 0.365 bits per heavy atom. The fourth-order valence-corrected chi connectivity index (χ4v) is 6.19. The maximum atomic E-state index is 10.4. The highest BCUT2D eigenvalue weighted by molar-refractivity contribution is 5.69. The zero-order valence-corrected chi connectivity index (χ0v) is 43.1. The Morgan fingerprint density at radius 2 is 0.730 bits per heavy atom. The zero-order chi connectivity index (χ0) is 50.9. The Morgan fingerprint density at radius 3 is 1.06 bits per heavy atom. The van der Waals surface area contributed by atoms with E-state index in [1.165, 1.54) is 0 Å². The first-order valence-corrected chi connectivity index (χ1v) is 22.8. The Labute approximate surface area is 383 Å². The molecule has 0 bridgehead atoms. The van der Waals surface area contributed by atoms with E-state index in [1.54, 1.807) is 11.9 Å². The fraction of sp³-hybridized carbons (Fsp3) is 0.867. The van der Waals surface area contributed by atoms with Gasteiger partial charge in [0.05, 0.1) is 120 Å². The molecule has 0 rings (SSSR count). The maximum absolute atomic E-state index is 10.4. The monoisotopic (exact) mass is 917 g/mol. The number of hydrogen-bond acceptors (Lipinski definition) is 8. The van der Waals surface area contributed by atoms with Crippen molar-refractivity contribution in [3.05, 3.63) is 0 Å². The predicted octanol–water partition coefficient (Wildman–Crippen LogP) is 5.01. The highest BCUT2D eigenvalue weighted by Gasteiger charge is 2.22. The molecule has 2 atom stereocenters. The van der Waals surface area contributed by atoms with E-state index in [0.29, 0.717) is 15.5 Å². The minimum absolute atomic E-state index is 0.147. The van der Waals surface area contributed by atoms with Crippen molar-refractivity contribution in [2.75, 3.05) is 148 Å². The van der Waals surface area contributed by atoms with Crippen LogP contribution in [0.15, 0.2) is 0 Å². The molecule has 0 aliphatic rings. The number of carboxylic acids is 6. The number of likely N-dealkylation sites (N-methyl/N-ethyl adjacent to an activating group) is 3. The molecule has 0 aromatic heterocycles. The molecule has 0 saturated carbocycles. The third kappa shape index (κ3) is 60.7. The molecule has 0 heterocycles. The fourth-order valence-electron chi connectivity index (χ4n) is 6.19. The Kier molecular flexibility index (Phi) is 48.1. The van der Waals surface area contributed by atoms with Gasteiger partial charge in [-0.3, -0.25) is 24.1 Å². The first kappa shape index (κ1) is 71.2. The lowest BCUT2D eigenvalue weighted by Crippen LogP contribution is -2.47. The molecule has 2 unspecified atom stereocenters. The summed E-state index contributed by atoms with van der Waals surface area (Å²) in [6.45, 7) is 27.1. The van der Waals surface area contributed by atoms with Crippen LogP contribution in [-0.4, -0.2) is 242 Å². The van der Waals surface area contributed by atoms with Crippen molar-refractivity contribution in [1.29, 1.82) is 0 Å². The summed E-state index contributed by atoms with van der Waals surface area (Å²) < 4.78 is 2.91. The molecule has 18 heteroatoms. The van der Waals surface area contributed by atoms with Crippen molar-refractivity contribution in [3.63, 3.8) is 0 Å². The number of quaternary nitrogens is 4. The molecule has 0 saturated heterocycles. The molecule has 0 fully saturated rings. The van der Waals surface area contributed by atoms with Gasteiger partial charge >= 0.3 is 35.8 Å². The van der Waals surface area contributed by atoms with E-state index < -0.39 is 35.8 Å². The lowest BCUT2D eigenvalue weighted by Gasteiger charge is -2.32. The molecule has 0 aromatic carbocycles. The SMILES string of the molecule is CCCN(C)CC(=O)O.CCCN(C)CCC(=O)O.CCC[N+](C)(C)CC(=O)O.CCC[N+](C)(C)CCC(=O)O.CCC[N+](C)(CC)CC(=O)O.CCC[N+](C)(CC)CCC(=O)O. The van der Waals surface area contributed by atoms with Crippen molar-refractivity contribution in [2.45, 2.75) is 113 Å². The van der Waals surface area contributed by atoms with E-state index in [0.717, 1.165) is 113 Å². The summed E-state index contributed by atoms with van der Waals surface area (Å²) in [6, 6.07) is 0. The van der Waals surface area contributed by atoms with E-state index in [9.17, 15) is 28.8 Å². The second-order valence-electron chi connectivity index (χ2n) is 18.1. The van der Waals surface area contributed by atoms with Crippen LogP contribution in [0, 0.1) is 0 Å². The first-order valence-electron chi connectivity index (χ1n) is 22.8. The number of hydrogen-bond donors (Lipinski definition) is 6. The Hall–Kier alpha value is -3.42. The predicted molar refractivity (Wildman–Crippen MR) is 253 cm³/mol. The number of aliphatic carboxylic acids is 6. The van der Waals surface area contributed by atoms with Crippen LogP contribution in [0.25, 0.3) is 0 Å². The Balaban J connectivity index is -0.000000155. The molecule has 378 valence electrons. The van der Waals surface area contributed by atoms with Gasteiger partial charge in [0.2, 0.25) is 0 Å². The van der Waals surface area contributed by atoms with E-state index in [-0.39, 0.29) is 38.9 Å². The van der Waals surface area contributed by atoms with Gasteiger partial charge < -0.3 is 53.5 Å². The van der Waals surface area contributed by atoms with Crippen molar-refractivity contribution in [1.82, 2.24) is 9.80 Å². The number of carboxylic acid groups (broad SMARTS) is 6. The minimum Gasteiger partial charge on any atom is -0.481 e. The molecule has 0 aliphatic carbocycles. The van der Waals surface area contributed by atoms with Gasteiger partial charge in [-0.2, -0.15) is 0 Å². The zero-order valence-electron chi connectivity index (χ0n) is 43.1. The van der Waals surface area contributed by atoms with Crippen molar-refractivity contribution in [3.8, 4) is 0 Å². The number of nitrogens with zero attached hydrogens (tertiary/aromatic N) is 6.